The minimum Gasteiger partial charge on any atom is -0.491 e. The minimum atomic E-state index is -0.113. The lowest BCUT2D eigenvalue weighted by Gasteiger charge is -2.10. The minimum absolute atomic E-state index is 0.113. The Bertz CT molecular complexity index is 641. The van der Waals surface area contributed by atoms with Crippen molar-refractivity contribution in [3.63, 3.8) is 0 Å². The molecule has 0 aliphatic carbocycles. The summed E-state index contributed by atoms with van der Waals surface area (Å²) < 4.78 is 5.49. The van der Waals surface area contributed by atoms with E-state index in [2.05, 4.69) is 10.3 Å². The van der Waals surface area contributed by atoms with Gasteiger partial charge < -0.3 is 15.8 Å². The van der Waals surface area contributed by atoms with Gasteiger partial charge >= 0.3 is 0 Å². The van der Waals surface area contributed by atoms with Crippen LogP contribution in [0, 0.1) is 13.8 Å². The van der Waals surface area contributed by atoms with Crippen molar-refractivity contribution in [2.75, 3.05) is 17.7 Å². The Morgan fingerprint density at radius 1 is 1.24 bits per heavy atom. The van der Waals surface area contributed by atoms with Crippen molar-refractivity contribution in [1.82, 2.24) is 4.98 Å². The van der Waals surface area contributed by atoms with E-state index < -0.39 is 0 Å². The third kappa shape index (κ3) is 4.21. The smallest absolute Gasteiger partial charge is 0.227 e. The number of aryl methyl sites for hydroxylation is 2. The summed E-state index contributed by atoms with van der Waals surface area (Å²) in [7, 11) is 0. The number of carbonyl (C=O) groups is 1. The molecule has 1 heterocycles. The van der Waals surface area contributed by atoms with E-state index in [-0.39, 0.29) is 18.9 Å². The summed E-state index contributed by atoms with van der Waals surface area (Å²) in [5.74, 6) is 0.483. The topological polar surface area (TPSA) is 77.2 Å². The van der Waals surface area contributed by atoms with E-state index in [0.29, 0.717) is 11.4 Å². The quantitative estimate of drug-likeness (QED) is 0.828. The molecule has 0 aliphatic rings. The second kappa shape index (κ2) is 6.74. The van der Waals surface area contributed by atoms with Gasteiger partial charge in [-0.2, -0.15) is 0 Å². The Labute approximate surface area is 124 Å². The van der Waals surface area contributed by atoms with Crippen LogP contribution in [-0.2, 0) is 4.79 Å². The van der Waals surface area contributed by atoms with Crippen molar-refractivity contribution in [2.45, 2.75) is 20.3 Å². The van der Waals surface area contributed by atoms with E-state index >= 15 is 0 Å². The van der Waals surface area contributed by atoms with Crippen molar-refractivity contribution in [3.05, 3.63) is 47.8 Å². The maximum Gasteiger partial charge on any atom is 0.227 e. The summed E-state index contributed by atoms with van der Waals surface area (Å²) in [5, 5.41) is 2.83. The molecule has 2 aromatic rings. The molecule has 3 N–H and O–H groups in total. The molecule has 5 nitrogen and oxygen atoms in total. The van der Waals surface area contributed by atoms with Crippen LogP contribution in [0.4, 0.5) is 11.4 Å². The van der Waals surface area contributed by atoms with Gasteiger partial charge in [-0.05, 0) is 38.1 Å². The van der Waals surface area contributed by atoms with Crippen LogP contribution in [0.1, 0.15) is 17.8 Å². The molecule has 0 saturated carbocycles. The van der Waals surface area contributed by atoms with Crippen LogP contribution in [0.25, 0.3) is 0 Å². The zero-order chi connectivity index (χ0) is 15.2. The van der Waals surface area contributed by atoms with Gasteiger partial charge in [0.25, 0.3) is 0 Å². The second-order valence-electron chi connectivity index (χ2n) is 4.77. The van der Waals surface area contributed by atoms with Crippen LogP contribution in [0.15, 0.2) is 36.4 Å². The Kier molecular flexibility index (Phi) is 4.77. The fourth-order valence-electron chi connectivity index (χ4n) is 1.90. The fourth-order valence-corrected chi connectivity index (χ4v) is 1.90. The first-order valence-corrected chi connectivity index (χ1v) is 6.77. The zero-order valence-corrected chi connectivity index (χ0v) is 12.2. The molecule has 2 rings (SSSR count). The summed E-state index contributed by atoms with van der Waals surface area (Å²) in [6, 6.07) is 10.9. The predicted molar refractivity (Wildman–Crippen MR) is 83.3 cm³/mol. The van der Waals surface area contributed by atoms with Crippen LogP contribution >= 0.6 is 0 Å². The van der Waals surface area contributed by atoms with Crippen LogP contribution in [-0.4, -0.2) is 17.5 Å². The molecular weight excluding hydrogens is 266 g/mol. The molecule has 1 aromatic heterocycles. The van der Waals surface area contributed by atoms with E-state index in [0.717, 1.165) is 17.1 Å². The van der Waals surface area contributed by atoms with Crippen molar-refractivity contribution in [1.29, 1.82) is 0 Å². The van der Waals surface area contributed by atoms with Gasteiger partial charge in [-0.15, -0.1) is 0 Å². The number of hydrogen-bond donors (Lipinski definition) is 2. The molecule has 0 aliphatic heterocycles. The number of nitrogens with one attached hydrogen (secondary N) is 1. The van der Waals surface area contributed by atoms with Gasteiger partial charge in [0.05, 0.1) is 30.1 Å². The van der Waals surface area contributed by atoms with Crippen LogP contribution < -0.4 is 15.8 Å². The molecule has 21 heavy (non-hydrogen) atoms. The summed E-state index contributed by atoms with van der Waals surface area (Å²) in [5.41, 5.74) is 8.78. The average Bonchev–Trinajstić information content (AvgIpc) is 2.44. The normalized spacial score (nSPS) is 10.2. The number of nitrogens with two attached hydrogens (primary N) is 1. The van der Waals surface area contributed by atoms with E-state index in [1.807, 2.05) is 38.1 Å². The Hall–Kier alpha value is -2.56. The van der Waals surface area contributed by atoms with Crippen molar-refractivity contribution >= 4 is 17.3 Å². The number of carbonyl (C=O) groups excluding carboxylic acids is 1. The van der Waals surface area contributed by atoms with Crippen molar-refractivity contribution in [2.24, 2.45) is 0 Å². The third-order valence-electron chi connectivity index (χ3n) is 3.00. The van der Waals surface area contributed by atoms with Crippen LogP contribution in [0.3, 0.4) is 0 Å². The maximum absolute atomic E-state index is 11.9. The SMILES string of the molecule is Cc1ccc(NC(=O)CCOc2ccccc2N)c(C)n1. The lowest BCUT2D eigenvalue weighted by molar-refractivity contribution is -0.116. The van der Waals surface area contributed by atoms with E-state index in [1.54, 1.807) is 12.1 Å². The molecule has 0 fully saturated rings. The number of pyridine rings is 1. The van der Waals surface area contributed by atoms with Gasteiger partial charge in [0.1, 0.15) is 5.75 Å². The van der Waals surface area contributed by atoms with Gasteiger partial charge in [0.2, 0.25) is 5.91 Å². The highest BCUT2D eigenvalue weighted by atomic mass is 16.5. The number of nitrogen functional groups attached to an aromatic ring is 1. The number of amides is 1. The molecule has 0 spiro atoms. The Balaban J connectivity index is 1.84. The molecule has 0 unspecified atom stereocenters. The lowest BCUT2D eigenvalue weighted by Crippen LogP contribution is -2.16. The van der Waals surface area contributed by atoms with Crippen LogP contribution in [0.2, 0.25) is 0 Å². The fraction of sp³-hybridized carbons (Fsp3) is 0.250. The highest BCUT2D eigenvalue weighted by molar-refractivity contribution is 5.91. The van der Waals surface area contributed by atoms with Crippen molar-refractivity contribution in [3.8, 4) is 5.75 Å². The molecular formula is C16H19N3O2. The lowest BCUT2D eigenvalue weighted by atomic mass is 10.2. The number of benzene rings is 1. The molecule has 110 valence electrons. The van der Waals surface area contributed by atoms with Gasteiger partial charge in [0, 0.05) is 5.69 Å². The second-order valence-corrected chi connectivity index (χ2v) is 4.77. The highest BCUT2D eigenvalue weighted by Crippen LogP contribution is 2.20. The number of nitrogens with zero attached hydrogens (tertiary/aromatic N) is 1. The number of para-hydroxylation sites is 2. The molecule has 5 heteroatoms. The molecule has 1 aromatic carbocycles. The number of hydrogen-bond acceptors (Lipinski definition) is 4. The average molecular weight is 285 g/mol. The van der Waals surface area contributed by atoms with E-state index in [9.17, 15) is 4.79 Å². The monoisotopic (exact) mass is 285 g/mol. The number of rotatable bonds is 5. The summed E-state index contributed by atoms with van der Waals surface area (Å²) >= 11 is 0. The van der Waals surface area contributed by atoms with E-state index in [4.69, 9.17) is 10.5 Å². The first-order valence-electron chi connectivity index (χ1n) is 6.77. The van der Waals surface area contributed by atoms with Gasteiger partial charge in [-0.1, -0.05) is 12.1 Å². The third-order valence-corrected chi connectivity index (χ3v) is 3.00. The predicted octanol–water partition coefficient (Wildman–Crippen LogP) is 2.69. The van der Waals surface area contributed by atoms with Gasteiger partial charge in [0.15, 0.2) is 0 Å². The number of anilines is 2. The van der Waals surface area contributed by atoms with E-state index in [1.165, 1.54) is 0 Å². The molecule has 0 radical (unpaired) electrons. The zero-order valence-electron chi connectivity index (χ0n) is 12.2. The molecule has 1 amide bonds. The van der Waals surface area contributed by atoms with Gasteiger partial charge in [-0.3, -0.25) is 9.78 Å². The maximum atomic E-state index is 11.9. The Morgan fingerprint density at radius 3 is 2.71 bits per heavy atom. The standard InChI is InChI=1S/C16H19N3O2/c1-11-7-8-14(12(2)18-11)19-16(20)9-10-21-15-6-4-3-5-13(15)17/h3-8H,9-10,17H2,1-2H3,(H,19,20). The first kappa shape index (κ1) is 14.8. The summed E-state index contributed by atoms with van der Waals surface area (Å²) in [4.78, 5) is 16.2. The molecule has 0 bridgehead atoms. The molecule has 0 atom stereocenters. The van der Waals surface area contributed by atoms with Crippen molar-refractivity contribution < 1.29 is 9.53 Å². The summed E-state index contributed by atoms with van der Waals surface area (Å²) in [6.07, 6.45) is 0.252. The molecule has 0 saturated heterocycles. The Morgan fingerprint density at radius 2 is 2.00 bits per heavy atom. The van der Waals surface area contributed by atoms with Crippen LogP contribution in [0.5, 0.6) is 5.75 Å². The largest absolute Gasteiger partial charge is 0.491 e. The van der Waals surface area contributed by atoms with Gasteiger partial charge in [-0.25, -0.2) is 0 Å². The first-order chi connectivity index (χ1) is 10.1. The highest BCUT2D eigenvalue weighted by Gasteiger charge is 2.07. The number of ether oxygens (including phenoxy) is 1. The summed E-state index contributed by atoms with van der Waals surface area (Å²) in [6.45, 7) is 4.05. The number of aromatic nitrogens is 1.